The first-order valence-corrected chi connectivity index (χ1v) is 7.21. The summed E-state index contributed by atoms with van der Waals surface area (Å²) in [7, 11) is 0. The number of carboxylic acid groups (broad SMARTS) is 1. The molecule has 1 aromatic carbocycles. The predicted octanol–water partition coefficient (Wildman–Crippen LogP) is 0.319. The number of aliphatic carboxylic acids is 1. The molecule has 120 valence electrons. The van der Waals surface area contributed by atoms with Gasteiger partial charge in [0.25, 0.3) is 5.91 Å². The normalized spacial score (nSPS) is 17.0. The number of carbonyl (C=O) groups excluding carboxylic acids is 1. The minimum atomic E-state index is -1.73. The highest BCUT2D eigenvalue weighted by molar-refractivity contribution is 5.94. The van der Waals surface area contributed by atoms with Gasteiger partial charge in [-0.05, 0) is 24.3 Å². The molecule has 23 heavy (non-hydrogen) atoms. The zero-order chi connectivity index (χ0) is 16.4. The quantitative estimate of drug-likeness (QED) is 0.844. The van der Waals surface area contributed by atoms with Crippen LogP contribution in [0.2, 0.25) is 0 Å². The molecule has 1 amide bonds. The number of hydrogen-bond donors (Lipinski definition) is 2. The number of rotatable bonds is 3. The van der Waals surface area contributed by atoms with Gasteiger partial charge in [-0.1, -0.05) is 5.21 Å². The van der Waals surface area contributed by atoms with Crippen molar-refractivity contribution >= 4 is 11.9 Å². The van der Waals surface area contributed by atoms with Gasteiger partial charge >= 0.3 is 5.97 Å². The molecule has 1 aromatic heterocycles. The highest BCUT2D eigenvalue weighted by Crippen LogP contribution is 2.23. The maximum Gasteiger partial charge on any atom is 0.335 e. The summed E-state index contributed by atoms with van der Waals surface area (Å²) in [6, 6.07) is 6.91. The molecular weight excluding hydrogens is 300 g/mol. The van der Waals surface area contributed by atoms with E-state index >= 15 is 0 Å². The molecule has 0 radical (unpaired) electrons. The Bertz CT molecular complexity index is 704. The number of aliphatic hydroxyl groups is 1. The number of amides is 1. The first kappa shape index (κ1) is 15.2. The fourth-order valence-corrected chi connectivity index (χ4v) is 2.58. The van der Waals surface area contributed by atoms with Gasteiger partial charge in [0.2, 0.25) is 0 Å². The molecular formula is C15H16N4O4. The lowest BCUT2D eigenvalue weighted by atomic mass is 9.91. The lowest BCUT2D eigenvalue weighted by Gasteiger charge is -2.35. The topological polar surface area (TPSA) is 109 Å². The second-order valence-electron chi connectivity index (χ2n) is 5.52. The summed E-state index contributed by atoms with van der Waals surface area (Å²) in [4.78, 5) is 25.0. The summed E-state index contributed by atoms with van der Waals surface area (Å²) in [6.45, 7) is 0.429. The molecule has 0 bridgehead atoms. The molecule has 8 heteroatoms. The van der Waals surface area contributed by atoms with Gasteiger partial charge < -0.3 is 15.1 Å². The van der Waals surface area contributed by atoms with E-state index in [9.17, 15) is 14.7 Å². The molecule has 2 N–H and O–H groups in total. The molecule has 0 aliphatic carbocycles. The number of carboxylic acids is 1. The van der Waals surface area contributed by atoms with E-state index in [-0.39, 0.29) is 31.8 Å². The highest BCUT2D eigenvalue weighted by Gasteiger charge is 2.40. The van der Waals surface area contributed by atoms with Crippen molar-refractivity contribution in [1.82, 2.24) is 19.9 Å². The van der Waals surface area contributed by atoms with Crippen LogP contribution in [-0.4, -0.2) is 60.7 Å². The Morgan fingerprint density at radius 2 is 1.78 bits per heavy atom. The Morgan fingerprint density at radius 1 is 1.13 bits per heavy atom. The van der Waals surface area contributed by atoms with E-state index < -0.39 is 11.6 Å². The average Bonchev–Trinajstić information content (AvgIpc) is 3.09. The summed E-state index contributed by atoms with van der Waals surface area (Å²) >= 11 is 0. The SMILES string of the molecule is O=C(c1ccc(-n2ccnn2)cc1)N1CCC(O)(C(=O)O)CC1. The Labute approximate surface area is 132 Å². The first-order valence-electron chi connectivity index (χ1n) is 7.21. The molecule has 2 heterocycles. The highest BCUT2D eigenvalue weighted by atomic mass is 16.4. The number of likely N-dealkylation sites (tertiary alicyclic amines) is 1. The molecule has 1 aliphatic heterocycles. The van der Waals surface area contributed by atoms with Gasteiger partial charge in [0.1, 0.15) is 0 Å². The third-order valence-corrected chi connectivity index (χ3v) is 4.08. The van der Waals surface area contributed by atoms with Crippen LogP contribution in [0, 0.1) is 0 Å². The first-order chi connectivity index (χ1) is 11.0. The summed E-state index contributed by atoms with van der Waals surface area (Å²) in [5, 5.41) is 26.5. The Balaban J connectivity index is 1.68. The summed E-state index contributed by atoms with van der Waals surface area (Å²) in [5.41, 5.74) is -0.430. The average molecular weight is 316 g/mol. The zero-order valence-electron chi connectivity index (χ0n) is 12.3. The molecule has 1 aliphatic rings. The Kier molecular flexibility index (Phi) is 3.83. The molecule has 0 atom stereocenters. The zero-order valence-corrected chi connectivity index (χ0v) is 12.3. The lowest BCUT2D eigenvalue weighted by Crippen LogP contribution is -2.50. The molecule has 1 fully saturated rings. The van der Waals surface area contributed by atoms with E-state index in [1.54, 1.807) is 46.2 Å². The largest absolute Gasteiger partial charge is 0.479 e. The number of hydrogen-bond acceptors (Lipinski definition) is 5. The van der Waals surface area contributed by atoms with Gasteiger partial charge in [-0.25, -0.2) is 9.48 Å². The van der Waals surface area contributed by atoms with Crippen LogP contribution in [0.25, 0.3) is 5.69 Å². The molecule has 8 nitrogen and oxygen atoms in total. The van der Waals surface area contributed by atoms with Crippen molar-refractivity contribution in [2.75, 3.05) is 13.1 Å². The number of benzene rings is 1. The number of nitrogens with zero attached hydrogens (tertiary/aromatic N) is 4. The van der Waals surface area contributed by atoms with E-state index in [2.05, 4.69) is 10.3 Å². The van der Waals surface area contributed by atoms with E-state index in [0.717, 1.165) is 5.69 Å². The van der Waals surface area contributed by atoms with Crippen molar-refractivity contribution in [3.8, 4) is 5.69 Å². The van der Waals surface area contributed by atoms with Gasteiger partial charge in [0.15, 0.2) is 5.60 Å². The summed E-state index contributed by atoms with van der Waals surface area (Å²) in [6.07, 6.45) is 3.33. The van der Waals surface area contributed by atoms with Crippen LogP contribution < -0.4 is 0 Å². The third kappa shape index (κ3) is 2.93. The van der Waals surface area contributed by atoms with Crippen molar-refractivity contribution in [2.45, 2.75) is 18.4 Å². The van der Waals surface area contributed by atoms with Gasteiger partial charge in [-0.2, -0.15) is 0 Å². The van der Waals surface area contributed by atoms with Gasteiger partial charge in [0.05, 0.1) is 18.1 Å². The fraction of sp³-hybridized carbons (Fsp3) is 0.333. The third-order valence-electron chi connectivity index (χ3n) is 4.08. The Hall–Kier alpha value is -2.74. The molecule has 1 saturated heterocycles. The van der Waals surface area contributed by atoms with E-state index in [1.807, 2.05) is 0 Å². The fourth-order valence-electron chi connectivity index (χ4n) is 2.58. The van der Waals surface area contributed by atoms with Crippen molar-refractivity contribution in [1.29, 1.82) is 0 Å². The summed E-state index contributed by atoms with van der Waals surface area (Å²) < 4.78 is 1.59. The van der Waals surface area contributed by atoms with Crippen LogP contribution in [0.3, 0.4) is 0 Å². The van der Waals surface area contributed by atoms with E-state index in [1.165, 1.54) is 0 Å². The minimum absolute atomic E-state index is 0.0329. The van der Waals surface area contributed by atoms with Crippen LogP contribution in [-0.2, 0) is 4.79 Å². The second kappa shape index (κ2) is 5.81. The van der Waals surface area contributed by atoms with Gasteiger partial charge in [-0.15, -0.1) is 5.10 Å². The smallest absolute Gasteiger partial charge is 0.335 e. The van der Waals surface area contributed by atoms with Crippen molar-refractivity contribution < 1.29 is 19.8 Å². The van der Waals surface area contributed by atoms with E-state index in [4.69, 9.17) is 5.11 Å². The Morgan fingerprint density at radius 3 is 2.30 bits per heavy atom. The van der Waals surface area contributed by atoms with Crippen LogP contribution in [0.4, 0.5) is 0 Å². The molecule has 3 rings (SSSR count). The van der Waals surface area contributed by atoms with Gasteiger partial charge in [-0.3, -0.25) is 4.79 Å². The number of piperidine rings is 1. The molecule has 2 aromatic rings. The molecule has 0 saturated carbocycles. The maximum atomic E-state index is 12.4. The van der Waals surface area contributed by atoms with Crippen LogP contribution in [0.1, 0.15) is 23.2 Å². The minimum Gasteiger partial charge on any atom is -0.479 e. The van der Waals surface area contributed by atoms with Crippen molar-refractivity contribution in [3.63, 3.8) is 0 Å². The number of aromatic nitrogens is 3. The van der Waals surface area contributed by atoms with Crippen LogP contribution in [0.5, 0.6) is 0 Å². The van der Waals surface area contributed by atoms with Gasteiger partial charge in [0, 0.05) is 31.5 Å². The van der Waals surface area contributed by atoms with Crippen molar-refractivity contribution in [3.05, 3.63) is 42.2 Å². The van der Waals surface area contributed by atoms with Crippen LogP contribution in [0.15, 0.2) is 36.7 Å². The van der Waals surface area contributed by atoms with Crippen LogP contribution >= 0.6 is 0 Å². The molecule has 0 spiro atoms. The second-order valence-corrected chi connectivity index (χ2v) is 5.52. The lowest BCUT2D eigenvalue weighted by molar-refractivity contribution is -0.162. The van der Waals surface area contributed by atoms with E-state index in [0.29, 0.717) is 5.56 Å². The maximum absolute atomic E-state index is 12.4. The summed E-state index contributed by atoms with van der Waals surface area (Å²) in [5.74, 6) is -1.41. The standard InChI is InChI=1S/C15H16N4O4/c20-13(18-8-5-15(23,6-9-18)14(21)22)11-1-3-12(4-2-11)19-10-7-16-17-19/h1-4,7,10,23H,5-6,8-9H2,(H,21,22). The van der Waals surface area contributed by atoms with Crippen molar-refractivity contribution in [2.24, 2.45) is 0 Å². The predicted molar refractivity (Wildman–Crippen MR) is 79.1 cm³/mol. The monoisotopic (exact) mass is 316 g/mol. The molecule has 0 unspecified atom stereocenters. The number of carbonyl (C=O) groups is 2.